The number of nitrogens with one attached hydrogen (secondary N) is 1. The zero-order valence-corrected chi connectivity index (χ0v) is 11.1. The molecule has 3 nitrogen and oxygen atoms in total. The van der Waals surface area contributed by atoms with Gasteiger partial charge in [-0.05, 0) is 55.1 Å². The van der Waals surface area contributed by atoms with Gasteiger partial charge in [0.2, 0.25) is 5.91 Å². The van der Waals surface area contributed by atoms with E-state index in [9.17, 15) is 4.79 Å². The number of ether oxygens (including phenoxy) is 1. The lowest BCUT2D eigenvalue weighted by Crippen LogP contribution is -2.18. The highest BCUT2D eigenvalue weighted by atomic mass is 16.5. The molecule has 1 aromatic rings. The Labute approximate surface area is 113 Å². The summed E-state index contributed by atoms with van der Waals surface area (Å²) in [5, 5.41) is 3.06. The second-order valence-electron chi connectivity index (χ2n) is 6.20. The summed E-state index contributed by atoms with van der Waals surface area (Å²) in [7, 11) is 1.64. The number of carbonyl (C=O) groups excluding carboxylic acids is 1. The van der Waals surface area contributed by atoms with Crippen molar-refractivity contribution >= 4 is 11.6 Å². The highest BCUT2D eigenvalue weighted by Gasteiger charge is 2.67. The Balaban J connectivity index is 1.48. The second kappa shape index (κ2) is 3.99. The van der Waals surface area contributed by atoms with Crippen molar-refractivity contribution in [3.8, 4) is 5.75 Å². The minimum Gasteiger partial charge on any atom is -0.495 e. The molecular formula is C16H19NO2. The molecule has 3 saturated carbocycles. The van der Waals surface area contributed by atoms with Crippen LogP contribution in [0.25, 0.3) is 0 Å². The van der Waals surface area contributed by atoms with Crippen molar-refractivity contribution < 1.29 is 9.53 Å². The molecule has 100 valence electrons. The van der Waals surface area contributed by atoms with Gasteiger partial charge >= 0.3 is 0 Å². The van der Waals surface area contributed by atoms with E-state index in [2.05, 4.69) is 5.32 Å². The Morgan fingerprint density at radius 2 is 1.89 bits per heavy atom. The highest BCUT2D eigenvalue weighted by Crippen LogP contribution is 2.69. The van der Waals surface area contributed by atoms with Gasteiger partial charge in [-0.1, -0.05) is 12.1 Å². The van der Waals surface area contributed by atoms with Crippen LogP contribution >= 0.6 is 0 Å². The van der Waals surface area contributed by atoms with Crippen molar-refractivity contribution in [2.45, 2.75) is 19.3 Å². The van der Waals surface area contributed by atoms with Crippen LogP contribution in [-0.2, 0) is 4.79 Å². The van der Waals surface area contributed by atoms with Gasteiger partial charge in [-0.2, -0.15) is 0 Å². The zero-order chi connectivity index (χ0) is 13.0. The summed E-state index contributed by atoms with van der Waals surface area (Å²) in [5.41, 5.74) is 0.798. The predicted octanol–water partition coefficient (Wildman–Crippen LogP) is 2.93. The van der Waals surface area contributed by atoms with Crippen LogP contribution in [0.2, 0.25) is 0 Å². The molecule has 19 heavy (non-hydrogen) atoms. The summed E-state index contributed by atoms with van der Waals surface area (Å²) in [6.45, 7) is 0. The maximum Gasteiger partial charge on any atom is 0.228 e. The molecule has 0 heterocycles. The van der Waals surface area contributed by atoms with Gasteiger partial charge in [-0.15, -0.1) is 0 Å². The minimum absolute atomic E-state index is 0.205. The van der Waals surface area contributed by atoms with Gasteiger partial charge in [-0.3, -0.25) is 4.79 Å². The number of para-hydroxylation sites is 2. The summed E-state index contributed by atoms with van der Waals surface area (Å²) < 4.78 is 5.28. The van der Waals surface area contributed by atoms with Crippen LogP contribution < -0.4 is 10.1 Å². The molecule has 0 radical (unpaired) electrons. The van der Waals surface area contributed by atoms with Gasteiger partial charge in [-0.25, -0.2) is 0 Å². The monoisotopic (exact) mass is 257 g/mol. The highest BCUT2D eigenvalue weighted by molar-refractivity contribution is 5.96. The average Bonchev–Trinajstić information content (AvgIpc) is 2.88. The zero-order valence-electron chi connectivity index (χ0n) is 11.1. The third-order valence-electron chi connectivity index (χ3n) is 5.40. The van der Waals surface area contributed by atoms with E-state index < -0.39 is 0 Å². The number of methoxy groups -OCH3 is 1. The first kappa shape index (κ1) is 11.3. The molecule has 2 bridgehead atoms. The fourth-order valence-corrected chi connectivity index (χ4v) is 4.64. The maximum absolute atomic E-state index is 12.4. The van der Waals surface area contributed by atoms with E-state index in [1.165, 1.54) is 19.3 Å². The van der Waals surface area contributed by atoms with Crippen molar-refractivity contribution in [2.24, 2.45) is 29.6 Å². The molecule has 1 aromatic carbocycles. The maximum atomic E-state index is 12.4. The van der Waals surface area contributed by atoms with Gasteiger partial charge in [0.1, 0.15) is 5.75 Å². The van der Waals surface area contributed by atoms with Crippen LogP contribution in [0.5, 0.6) is 5.75 Å². The molecule has 4 atom stereocenters. The Kier molecular flexibility index (Phi) is 2.38. The first-order valence-electron chi connectivity index (χ1n) is 7.23. The Morgan fingerprint density at radius 3 is 2.58 bits per heavy atom. The summed E-state index contributed by atoms with van der Waals surface area (Å²) in [6.07, 6.45) is 4.09. The van der Waals surface area contributed by atoms with Crippen molar-refractivity contribution in [1.29, 1.82) is 0 Å². The van der Waals surface area contributed by atoms with Crippen molar-refractivity contribution in [3.63, 3.8) is 0 Å². The van der Waals surface area contributed by atoms with Crippen LogP contribution in [0.3, 0.4) is 0 Å². The molecule has 3 aliphatic carbocycles. The SMILES string of the molecule is COc1ccccc1NC(=O)C1[C@@H]2[C@@H]3CC[C@H](C3)[C@@H]12. The van der Waals surface area contributed by atoms with E-state index in [-0.39, 0.29) is 11.8 Å². The van der Waals surface area contributed by atoms with Crippen molar-refractivity contribution in [3.05, 3.63) is 24.3 Å². The quantitative estimate of drug-likeness (QED) is 0.904. The molecular weight excluding hydrogens is 238 g/mol. The number of carbonyl (C=O) groups is 1. The van der Waals surface area contributed by atoms with Gasteiger partial charge < -0.3 is 10.1 Å². The number of hydrogen-bond acceptors (Lipinski definition) is 2. The van der Waals surface area contributed by atoms with E-state index in [0.717, 1.165) is 23.3 Å². The Hall–Kier alpha value is -1.51. The van der Waals surface area contributed by atoms with E-state index in [1.54, 1.807) is 7.11 Å². The van der Waals surface area contributed by atoms with Gasteiger partial charge in [0.05, 0.1) is 12.8 Å². The van der Waals surface area contributed by atoms with E-state index in [1.807, 2.05) is 24.3 Å². The van der Waals surface area contributed by atoms with E-state index >= 15 is 0 Å². The van der Waals surface area contributed by atoms with Gasteiger partial charge in [0, 0.05) is 5.92 Å². The first-order valence-corrected chi connectivity index (χ1v) is 7.23. The van der Waals surface area contributed by atoms with Gasteiger partial charge in [0.15, 0.2) is 0 Å². The topological polar surface area (TPSA) is 38.3 Å². The van der Waals surface area contributed by atoms with Crippen molar-refractivity contribution in [1.82, 2.24) is 0 Å². The summed E-state index contributed by atoms with van der Waals surface area (Å²) in [4.78, 5) is 12.4. The smallest absolute Gasteiger partial charge is 0.228 e. The molecule has 0 aliphatic heterocycles. The number of benzene rings is 1. The molecule has 1 N–H and O–H groups in total. The van der Waals surface area contributed by atoms with Crippen LogP contribution in [0.15, 0.2) is 24.3 Å². The number of anilines is 1. The van der Waals surface area contributed by atoms with E-state index in [4.69, 9.17) is 4.74 Å². The lowest BCUT2D eigenvalue weighted by molar-refractivity contribution is -0.118. The summed E-state index contributed by atoms with van der Waals surface area (Å²) >= 11 is 0. The fraction of sp³-hybridized carbons (Fsp3) is 0.562. The molecule has 1 amide bonds. The molecule has 3 aliphatic rings. The number of fused-ring (bicyclic) bond motifs is 5. The Bertz CT molecular complexity index is 511. The second-order valence-corrected chi connectivity index (χ2v) is 6.20. The van der Waals surface area contributed by atoms with Crippen LogP contribution in [-0.4, -0.2) is 13.0 Å². The normalized spacial score (nSPS) is 37.8. The number of rotatable bonds is 3. The van der Waals surface area contributed by atoms with Crippen LogP contribution in [0.4, 0.5) is 5.69 Å². The third-order valence-corrected chi connectivity index (χ3v) is 5.40. The van der Waals surface area contributed by atoms with Gasteiger partial charge in [0.25, 0.3) is 0 Å². The molecule has 0 aromatic heterocycles. The molecule has 0 unspecified atom stereocenters. The van der Waals surface area contributed by atoms with E-state index in [0.29, 0.717) is 11.8 Å². The Morgan fingerprint density at radius 1 is 1.21 bits per heavy atom. The molecule has 0 spiro atoms. The first-order chi connectivity index (χ1) is 9.29. The lowest BCUT2D eigenvalue weighted by atomic mass is 10.0. The van der Waals surface area contributed by atoms with Crippen molar-refractivity contribution in [2.75, 3.05) is 12.4 Å². The molecule has 3 heteroatoms. The molecule has 3 fully saturated rings. The molecule has 4 rings (SSSR count). The minimum atomic E-state index is 0.205. The fourth-order valence-electron chi connectivity index (χ4n) is 4.64. The standard InChI is InChI=1S/C16H19NO2/c1-19-12-5-3-2-4-11(12)17-16(18)15-13-9-6-7-10(8-9)14(13)15/h2-5,9-10,13-15H,6-8H2,1H3,(H,17,18)/t9-,10-,13-,14-/m1/s1. The van der Waals surface area contributed by atoms with Crippen LogP contribution in [0.1, 0.15) is 19.3 Å². The third kappa shape index (κ3) is 1.60. The lowest BCUT2D eigenvalue weighted by Gasteiger charge is -2.12. The largest absolute Gasteiger partial charge is 0.495 e. The number of hydrogen-bond donors (Lipinski definition) is 1. The number of amides is 1. The average molecular weight is 257 g/mol. The molecule has 0 saturated heterocycles. The van der Waals surface area contributed by atoms with Crippen LogP contribution in [0, 0.1) is 29.6 Å². The summed E-state index contributed by atoms with van der Waals surface area (Å²) in [6, 6.07) is 7.63. The predicted molar refractivity (Wildman–Crippen MR) is 72.9 cm³/mol. The summed E-state index contributed by atoms with van der Waals surface area (Å²) in [5.74, 6) is 4.27.